The molecule has 15 heavy (non-hydrogen) atoms. The average molecular weight is 202 g/mol. The molecule has 80 valence electrons. The first-order valence-corrected chi connectivity index (χ1v) is 5.32. The Hall–Kier alpha value is -1.33. The van der Waals surface area contributed by atoms with E-state index in [1.165, 1.54) is 5.56 Å². The minimum absolute atomic E-state index is 0.0115. The minimum Gasteiger partial charge on any atom is -0.312 e. The van der Waals surface area contributed by atoms with Crippen LogP contribution in [-0.4, -0.2) is 7.05 Å². The van der Waals surface area contributed by atoms with Crippen LogP contribution in [0.2, 0.25) is 0 Å². The molecule has 2 unspecified atom stereocenters. The van der Waals surface area contributed by atoms with Crippen molar-refractivity contribution in [3.8, 4) is 6.07 Å². The van der Waals surface area contributed by atoms with E-state index in [0.717, 1.165) is 0 Å². The lowest BCUT2D eigenvalue weighted by atomic mass is 9.86. The molecule has 1 rings (SSSR count). The fourth-order valence-corrected chi connectivity index (χ4v) is 1.82. The first-order chi connectivity index (χ1) is 7.20. The number of nitriles is 1. The molecule has 0 radical (unpaired) electrons. The molecule has 2 atom stereocenters. The number of benzene rings is 1. The number of hydrogen-bond acceptors (Lipinski definition) is 2. The van der Waals surface area contributed by atoms with E-state index in [-0.39, 0.29) is 12.0 Å². The molecule has 1 aromatic rings. The second-order valence-electron chi connectivity index (χ2n) is 4.08. The minimum atomic E-state index is 0.0115. The van der Waals surface area contributed by atoms with Crippen molar-refractivity contribution in [2.45, 2.75) is 19.9 Å². The topological polar surface area (TPSA) is 35.8 Å². The van der Waals surface area contributed by atoms with Crippen molar-refractivity contribution in [2.75, 3.05) is 7.05 Å². The van der Waals surface area contributed by atoms with Crippen LogP contribution in [0.5, 0.6) is 0 Å². The third kappa shape index (κ3) is 2.81. The molecule has 1 aromatic carbocycles. The summed E-state index contributed by atoms with van der Waals surface area (Å²) in [7, 11) is 1.91. The molecule has 0 saturated carbocycles. The molecule has 2 heteroatoms. The highest BCUT2D eigenvalue weighted by atomic mass is 14.9. The van der Waals surface area contributed by atoms with E-state index in [1.807, 2.05) is 25.2 Å². The predicted molar refractivity (Wildman–Crippen MR) is 62.2 cm³/mol. The van der Waals surface area contributed by atoms with Gasteiger partial charge in [-0.25, -0.2) is 0 Å². The highest BCUT2D eigenvalue weighted by Gasteiger charge is 2.24. The van der Waals surface area contributed by atoms with Gasteiger partial charge in [-0.1, -0.05) is 44.2 Å². The molecule has 0 aromatic heterocycles. The summed E-state index contributed by atoms with van der Waals surface area (Å²) in [6.07, 6.45) is 0. The largest absolute Gasteiger partial charge is 0.312 e. The van der Waals surface area contributed by atoms with Gasteiger partial charge in [0.15, 0.2) is 0 Å². The van der Waals surface area contributed by atoms with Gasteiger partial charge in [0, 0.05) is 6.04 Å². The summed E-state index contributed by atoms with van der Waals surface area (Å²) in [4.78, 5) is 0. The Morgan fingerprint density at radius 2 is 1.80 bits per heavy atom. The van der Waals surface area contributed by atoms with E-state index < -0.39 is 0 Å². The van der Waals surface area contributed by atoms with Gasteiger partial charge in [-0.3, -0.25) is 0 Å². The van der Waals surface area contributed by atoms with Crippen molar-refractivity contribution in [1.82, 2.24) is 5.32 Å². The Morgan fingerprint density at radius 1 is 1.20 bits per heavy atom. The standard InChI is InChI=1S/C13H18N2/c1-10(2)12(9-14)13(15-3)11-7-5-4-6-8-11/h4-8,10,12-13,15H,1-3H3. The molecular formula is C13H18N2. The maximum atomic E-state index is 9.17. The lowest BCUT2D eigenvalue weighted by molar-refractivity contribution is 0.363. The second kappa shape index (κ2) is 5.53. The third-order valence-corrected chi connectivity index (χ3v) is 2.70. The van der Waals surface area contributed by atoms with Crippen LogP contribution in [0.3, 0.4) is 0 Å². The van der Waals surface area contributed by atoms with Crippen molar-refractivity contribution in [3.63, 3.8) is 0 Å². The Bertz CT molecular complexity index is 324. The van der Waals surface area contributed by atoms with Crippen LogP contribution in [0.4, 0.5) is 0 Å². The molecule has 0 aliphatic carbocycles. The van der Waals surface area contributed by atoms with E-state index in [4.69, 9.17) is 5.26 Å². The monoisotopic (exact) mass is 202 g/mol. The number of nitrogens with one attached hydrogen (secondary N) is 1. The smallest absolute Gasteiger partial charge is 0.0681 e. The molecule has 0 saturated heterocycles. The number of nitrogens with zero attached hydrogens (tertiary/aromatic N) is 1. The molecule has 0 fully saturated rings. The Morgan fingerprint density at radius 3 is 2.20 bits per heavy atom. The second-order valence-corrected chi connectivity index (χ2v) is 4.08. The maximum absolute atomic E-state index is 9.17. The molecule has 1 N–H and O–H groups in total. The van der Waals surface area contributed by atoms with Crippen LogP contribution in [0.1, 0.15) is 25.5 Å². The zero-order chi connectivity index (χ0) is 11.3. The Balaban J connectivity index is 2.94. The van der Waals surface area contributed by atoms with Gasteiger partial charge in [0.25, 0.3) is 0 Å². The van der Waals surface area contributed by atoms with Crippen LogP contribution in [-0.2, 0) is 0 Å². The summed E-state index contributed by atoms with van der Waals surface area (Å²) in [5.41, 5.74) is 1.18. The molecule has 0 amide bonds. The fourth-order valence-electron chi connectivity index (χ4n) is 1.82. The van der Waals surface area contributed by atoms with Crippen LogP contribution in [0, 0.1) is 23.2 Å². The Labute approximate surface area is 91.9 Å². The van der Waals surface area contributed by atoms with Crippen molar-refractivity contribution < 1.29 is 0 Å². The van der Waals surface area contributed by atoms with Gasteiger partial charge in [-0.05, 0) is 18.5 Å². The summed E-state index contributed by atoms with van der Waals surface area (Å²) in [6.45, 7) is 4.17. The van der Waals surface area contributed by atoms with Gasteiger partial charge in [0.2, 0.25) is 0 Å². The summed E-state index contributed by atoms with van der Waals surface area (Å²) in [6, 6.07) is 12.6. The number of rotatable bonds is 4. The first kappa shape index (κ1) is 11.7. The first-order valence-electron chi connectivity index (χ1n) is 5.32. The lowest BCUT2D eigenvalue weighted by Crippen LogP contribution is -2.27. The lowest BCUT2D eigenvalue weighted by Gasteiger charge is -2.24. The van der Waals surface area contributed by atoms with E-state index in [9.17, 15) is 0 Å². The van der Waals surface area contributed by atoms with Crippen molar-refractivity contribution >= 4 is 0 Å². The zero-order valence-corrected chi connectivity index (χ0v) is 9.57. The molecular weight excluding hydrogens is 184 g/mol. The molecule has 0 bridgehead atoms. The van der Waals surface area contributed by atoms with E-state index in [0.29, 0.717) is 5.92 Å². The van der Waals surface area contributed by atoms with Crippen molar-refractivity contribution in [3.05, 3.63) is 35.9 Å². The third-order valence-electron chi connectivity index (χ3n) is 2.70. The molecule has 0 spiro atoms. The summed E-state index contributed by atoms with van der Waals surface area (Å²) in [5, 5.41) is 12.4. The Kier molecular flexibility index (Phi) is 4.33. The van der Waals surface area contributed by atoms with Crippen LogP contribution in [0.15, 0.2) is 30.3 Å². The summed E-state index contributed by atoms with van der Waals surface area (Å²) in [5.74, 6) is 0.366. The van der Waals surface area contributed by atoms with Gasteiger partial charge in [0.05, 0.1) is 12.0 Å². The molecule has 2 nitrogen and oxygen atoms in total. The fraction of sp³-hybridized carbons (Fsp3) is 0.462. The predicted octanol–water partition coefficient (Wildman–Crippen LogP) is 2.74. The van der Waals surface area contributed by atoms with Crippen LogP contribution < -0.4 is 5.32 Å². The van der Waals surface area contributed by atoms with Crippen molar-refractivity contribution in [1.29, 1.82) is 5.26 Å². The maximum Gasteiger partial charge on any atom is 0.0681 e. The van der Waals surface area contributed by atoms with E-state index in [2.05, 4.69) is 37.4 Å². The van der Waals surface area contributed by atoms with Crippen LogP contribution >= 0.6 is 0 Å². The summed E-state index contributed by atoms with van der Waals surface area (Å²) < 4.78 is 0. The van der Waals surface area contributed by atoms with Gasteiger partial charge in [0.1, 0.15) is 0 Å². The molecule has 0 aliphatic heterocycles. The quantitative estimate of drug-likeness (QED) is 0.815. The van der Waals surface area contributed by atoms with Gasteiger partial charge >= 0.3 is 0 Å². The average Bonchev–Trinajstić information content (AvgIpc) is 2.26. The summed E-state index contributed by atoms with van der Waals surface area (Å²) >= 11 is 0. The zero-order valence-electron chi connectivity index (χ0n) is 9.57. The van der Waals surface area contributed by atoms with Crippen LogP contribution in [0.25, 0.3) is 0 Å². The van der Waals surface area contributed by atoms with Crippen molar-refractivity contribution in [2.24, 2.45) is 11.8 Å². The molecule has 0 heterocycles. The highest BCUT2D eigenvalue weighted by Crippen LogP contribution is 2.26. The molecule has 0 aliphatic rings. The normalized spacial score (nSPS) is 14.6. The number of hydrogen-bond donors (Lipinski definition) is 1. The highest BCUT2D eigenvalue weighted by molar-refractivity contribution is 5.21. The van der Waals surface area contributed by atoms with E-state index >= 15 is 0 Å². The van der Waals surface area contributed by atoms with E-state index in [1.54, 1.807) is 0 Å². The van der Waals surface area contributed by atoms with Gasteiger partial charge in [-0.15, -0.1) is 0 Å². The SMILES string of the molecule is CNC(c1ccccc1)C(C#N)C(C)C. The van der Waals surface area contributed by atoms with Gasteiger partial charge < -0.3 is 5.32 Å². The van der Waals surface area contributed by atoms with Gasteiger partial charge in [-0.2, -0.15) is 5.26 Å².